The Hall–Kier alpha value is -1.62. The molecule has 0 bridgehead atoms. The highest BCUT2D eigenvalue weighted by molar-refractivity contribution is 6.21. The Morgan fingerprint density at radius 2 is 2.16 bits per heavy atom. The molecule has 0 radical (unpaired) electrons. The lowest BCUT2D eigenvalue weighted by Gasteiger charge is -2.14. The molecule has 1 fully saturated rings. The molecule has 0 spiro atoms. The Balaban J connectivity index is 2.02. The number of nitro benzene ring substituents is 1. The van der Waals surface area contributed by atoms with E-state index in [-0.39, 0.29) is 22.5 Å². The third kappa shape index (κ3) is 3.23. The molecule has 0 aliphatic heterocycles. The van der Waals surface area contributed by atoms with Gasteiger partial charge in [0, 0.05) is 18.0 Å². The molecule has 2 rings (SSSR count). The third-order valence-corrected chi connectivity index (χ3v) is 4.01. The molecule has 2 atom stereocenters. The standard InChI is InChI=1S/C13H15ClN2O3/c14-11-6-3-4-9(11)8-15-13(17)10-5-1-2-7-12(10)16(18)19/h1-2,5,7,9,11H,3-4,6,8H2,(H,15,17). The number of carbonyl (C=O) groups excluding carboxylic acids is 1. The summed E-state index contributed by atoms with van der Waals surface area (Å²) in [7, 11) is 0. The topological polar surface area (TPSA) is 72.2 Å². The second kappa shape index (κ2) is 6.02. The monoisotopic (exact) mass is 282 g/mol. The number of hydrogen-bond acceptors (Lipinski definition) is 3. The molecule has 1 saturated carbocycles. The summed E-state index contributed by atoms with van der Waals surface area (Å²) in [6.45, 7) is 0.471. The van der Waals surface area contributed by atoms with Crippen molar-refractivity contribution in [2.75, 3.05) is 6.54 Å². The second-order valence-corrected chi connectivity index (χ2v) is 5.25. The van der Waals surface area contributed by atoms with Crippen LogP contribution < -0.4 is 5.32 Å². The van der Waals surface area contributed by atoms with Crippen molar-refractivity contribution in [3.05, 3.63) is 39.9 Å². The van der Waals surface area contributed by atoms with Crippen molar-refractivity contribution in [3.63, 3.8) is 0 Å². The summed E-state index contributed by atoms with van der Waals surface area (Å²) >= 11 is 6.13. The first-order valence-corrected chi connectivity index (χ1v) is 6.69. The Morgan fingerprint density at radius 3 is 2.79 bits per heavy atom. The predicted octanol–water partition coefficient (Wildman–Crippen LogP) is 2.73. The maximum absolute atomic E-state index is 12.0. The zero-order valence-corrected chi connectivity index (χ0v) is 11.1. The van der Waals surface area contributed by atoms with E-state index in [9.17, 15) is 14.9 Å². The van der Waals surface area contributed by atoms with Gasteiger partial charge in [-0.15, -0.1) is 11.6 Å². The molecule has 0 saturated heterocycles. The molecule has 1 aliphatic rings. The molecule has 1 aromatic carbocycles. The van der Waals surface area contributed by atoms with Crippen LogP contribution in [-0.2, 0) is 0 Å². The van der Waals surface area contributed by atoms with E-state index in [0.717, 1.165) is 19.3 Å². The fourth-order valence-corrected chi connectivity index (χ4v) is 2.73. The number of nitrogens with zero attached hydrogens (tertiary/aromatic N) is 1. The zero-order valence-electron chi connectivity index (χ0n) is 10.3. The van der Waals surface area contributed by atoms with E-state index in [0.29, 0.717) is 6.54 Å². The van der Waals surface area contributed by atoms with Crippen molar-refractivity contribution < 1.29 is 9.72 Å². The fourth-order valence-electron chi connectivity index (χ4n) is 2.37. The van der Waals surface area contributed by atoms with Crippen molar-refractivity contribution in [1.82, 2.24) is 5.32 Å². The van der Waals surface area contributed by atoms with Gasteiger partial charge in [0.05, 0.1) is 4.92 Å². The van der Waals surface area contributed by atoms with Crippen LogP contribution in [0.2, 0.25) is 0 Å². The number of rotatable bonds is 4. The SMILES string of the molecule is O=C(NCC1CCCC1Cl)c1ccccc1[N+](=O)[O-]. The van der Waals surface area contributed by atoms with Crippen LogP contribution in [0.1, 0.15) is 29.6 Å². The Bertz CT molecular complexity index is 493. The van der Waals surface area contributed by atoms with E-state index in [2.05, 4.69) is 5.32 Å². The summed E-state index contributed by atoms with van der Waals surface area (Å²) in [6.07, 6.45) is 3.03. The molecule has 102 valence electrons. The van der Waals surface area contributed by atoms with E-state index in [4.69, 9.17) is 11.6 Å². The molecule has 0 aromatic heterocycles. The Labute approximate surface area is 116 Å². The van der Waals surface area contributed by atoms with E-state index >= 15 is 0 Å². The van der Waals surface area contributed by atoms with E-state index in [1.807, 2.05) is 0 Å². The van der Waals surface area contributed by atoms with E-state index in [1.54, 1.807) is 12.1 Å². The van der Waals surface area contributed by atoms with Gasteiger partial charge in [0.25, 0.3) is 11.6 Å². The van der Waals surface area contributed by atoms with Crippen LogP contribution in [0.5, 0.6) is 0 Å². The number of halogens is 1. The van der Waals surface area contributed by atoms with Gasteiger partial charge in [-0.05, 0) is 24.8 Å². The van der Waals surface area contributed by atoms with Gasteiger partial charge in [0.2, 0.25) is 0 Å². The number of nitrogens with one attached hydrogen (secondary N) is 1. The second-order valence-electron chi connectivity index (χ2n) is 4.69. The van der Waals surface area contributed by atoms with Crippen molar-refractivity contribution in [2.45, 2.75) is 24.6 Å². The molecule has 1 aliphatic carbocycles. The van der Waals surface area contributed by atoms with Gasteiger partial charge in [0.15, 0.2) is 0 Å². The number of carbonyl (C=O) groups is 1. The minimum atomic E-state index is -0.547. The van der Waals surface area contributed by atoms with Crippen LogP contribution in [-0.4, -0.2) is 22.8 Å². The summed E-state index contributed by atoms with van der Waals surface area (Å²) < 4.78 is 0. The van der Waals surface area contributed by atoms with Gasteiger partial charge in [-0.3, -0.25) is 14.9 Å². The van der Waals surface area contributed by atoms with Gasteiger partial charge >= 0.3 is 0 Å². The van der Waals surface area contributed by atoms with Crippen LogP contribution in [0.25, 0.3) is 0 Å². The van der Waals surface area contributed by atoms with Gasteiger partial charge in [-0.2, -0.15) is 0 Å². The van der Waals surface area contributed by atoms with Crippen molar-refractivity contribution >= 4 is 23.2 Å². The first-order chi connectivity index (χ1) is 9.09. The summed E-state index contributed by atoms with van der Waals surface area (Å²) in [5.74, 6) is -0.156. The van der Waals surface area contributed by atoms with E-state index in [1.165, 1.54) is 12.1 Å². The van der Waals surface area contributed by atoms with E-state index < -0.39 is 10.8 Å². The molecule has 1 aromatic rings. The summed E-state index contributed by atoms with van der Waals surface area (Å²) in [5.41, 5.74) is -0.0783. The Morgan fingerprint density at radius 1 is 1.42 bits per heavy atom. The molecular formula is C13H15ClN2O3. The lowest BCUT2D eigenvalue weighted by Crippen LogP contribution is -2.31. The van der Waals surface area contributed by atoms with Crippen molar-refractivity contribution in [2.24, 2.45) is 5.92 Å². The summed E-state index contributed by atoms with van der Waals surface area (Å²) in [4.78, 5) is 22.3. The third-order valence-electron chi connectivity index (χ3n) is 3.44. The largest absolute Gasteiger partial charge is 0.351 e. The minimum absolute atomic E-state index is 0.0889. The molecule has 0 heterocycles. The number of para-hydroxylation sites is 1. The number of nitro groups is 1. The average molecular weight is 283 g/mol. The van der Waals surface area contributed by atoms with Crippen LogP contribution in [0.15, 0.2) is 24.3 Å². The quantitative estimate of drug-likeness (QED) is 0.524. The van der Waals surface area contributed by atoms with Gasteiger partial charge < -0.3 is 5.32 Å². The van der Waals surface area contributed by atoms with Crippen molar-refractivity contribution in [1.29, 1.82) is 0 Å². The maximum atomic E-state index is 12.0. The molecule has 1 amide bonds. The number of benzene rings is 1. The fraction of sp³-hybridized carbons (Fsp3) is 0.462. The van der Waals surface area contributed by atoms with Crippen LogP contribution in [0.3, 0.4) is 0 Å². The first-order valence-electron chi connectivity index (χ1n) is 6.25. The van der Waals surface area contributed by atoms with Crippen LogP contribution >= 0.6 is 11.6 Å². The highest BCUT2D eigenvalue weighted by Crippen LogP contribution is 2.29. The summed E-state index contributed by atoms with van der Waals surface area (Å²) in [6, 6.07) is 5.94. The molecule has 6 heteroatoms. The average Bonchev–Trinajstić information content (AvgIpc) is 2.81. The maximum Gasteiger partial charge on any atom is 0.282 e. The lowest BCUT2D eigenvalue weighted by molar-refractivity contribution is -0.385. The van der Waals surface area contributed by atoms with Crippen molar-refractivity contribution in [3.8, 4) is 0 Å². The molecule has 2 unspecified atom stereocenters. The normalized spacial score (nSPS) is 22.2. The van der Waals surface area contributed by atoms with Gasteiger partial charge in [-0.25, -0.2) is 0 Å². The zero-order chi connectivity index (χ0) is 13.8. The number of alkyl halides is 1. The summed E-state index contributed by atoms with van der Waals surface area (Å²) in [5, 5.41) is 13.7. The number of amides is 1. The van der Waals surface area contributed by atoms with Gasteiger partial charge in [0.1, 0.15) is 5.56 Å². The highest BCUT2D eigenvalue weighted by atomic mass is 35.5. The predicted molar refractivity (Wildman–Crippen MR) is 72.4 cm³/mol. The smallest absolute Gasteiger partial charge is 0.282 e. The molecule has 1 N–H and O–H groups in total. The molecule has 19 heavy (non-hydrogen) atoms. The molecular weight excluding hydrogens is 268 g/mol. The molecule has 5 nitrogen and oxygen atoms in total. The Kier molecular flexibility index (Phi) is 4.37. The van der Waals surface area contributed by atoms with Crippen LogP contribution in [0.4, 0.5) is 5.69 Å². The van der Waals surface area contributed by atoms with Gasteiger partial charge in [-0.1, -0.05) is 18.6 Å². The first kappa shape index (κ1) is 13.8. The lowest BCUT2D eigenvalue weighted by atomic mass is 10.1. The van der Waals surface area contributed by atoms with Crippen LogP contribution in [0, 0.1) is 16.0 Å². The highest BCUT2D eigenvalue weighted by Gasteiger charge is 2.26. The number of hydrogen-bond donors (Lipinski definition) is 1. The minimum Gasteiger partial charge on any atom is -0.351 e.